The number of Topliss-reactive ketones (excluding diaryl/α,β-unsaturated/α-hetero) is 1. The third kappa shape index (κ3) is 5.08. The highest BCUT2D eigenvalue weighted by molar-refractivity contribution is 5.98. The number of rotatable bonds is 6. The molecule has 9 nitrogen and oxygen atoms in total. The van der Waals surface area contributed by atoms with E-state index in [4.69, 9.17) is 0 Å². The van der Waals surface area contributed by atoms with Crippen molar-refractivity contribution in [1.29, 1.82) is 0 Å². The number of piperazine rings is 1. The van der Waals surface area contributed by atoms with Gasteiger partial charge in [0.2, 0.25) is 5.91 Å². The molecule has 10 heteroatoms. The molecule has 0 aromatic heterocycles. The van der Waals surface area contributed by atoms with Crippen LogP contribution in [0.1, 0.15) is 34.6 Å². The lowest BCUT2D eigenvalue weighted by Gasteiger charge is -2.37. The number of nitro benzene ring substituents is 1. The second-order valence-electron chi connectivity index (χ2n) is 7.54. The van der Waals surface area contributed by atoms with E-state index in [1.807, 2.05) is 0 Å². The van der Waals surface area contributed by atoms with E-state index in [1.165, 1.54) is 31.2 Å². The largest absolute Gasteiger partial charge is 0.366 e. The molecule has 1 heterocycles. The van der Waals surface area contributed by atoms with Gasteiger partial charge in [-0.2, -0.15) is 0 Å². The van der Waals surface area contributed by atoms with Crippen LogP contribution in [0.4, 0.5) is 15.8 Å². The second-order valence-corrected chi connectivity index (χ2v) is 7.54. The van der Waals surface area contributed by atoms with Gasteiger partial charge >= 0.3 is 0 Å². The zero-order valence-corrected chi connectivity index (χ0v) is 17.7. The number of ketones is 1. The van der Waals surface area contributed by atoms with E-state index >= 15 is 0 Å². The van der Waals surface area contributed by atoms with Crippen molar-refractivity contribution in [3.63, 3.8) is 0 Å². The summed E-state index contributed by atoms with van der Waals surface area (Å²) in [5, 5.41) is 13.4. The Hall–Kier alpha value is -3.82. The molecule has 3 rings (SSSR count). The van der Waals surface area contributed by atoms with Gasteiger partial charge in [-0.25, -0.2) is 4.39 Å². The fourth-order valence-electron chi connectivity index (χ4n) is 3.53. The highest BCUT2D eigenvalue weighted by Gasteiger charge is 2.27. The maximum Gasteiger partial charge on any atom is 0.270 e. The van der Waals surface area contributed by atoms with Crippen LogP contribution < -0.4 is 10.2 Å². The second kappa shape index (κ2) is 9.54. The predicted octanol–water partition coefficient (Wildman–Crippen LogP) is 2.40. The maximum absolute atomic E-state index is 14.4. The first-order valence-corrected chi connectivity index (χ1v) is 10.1. The van der Waals surface area contributed by atoms with Crippen LogP contribution in [-0.2, 0) is 4.79 Å². The monoisotopic (exact) mass is 442 g/mol. The SMILES string of the molecule is CC(=O)c1ccc(N2CCN(C(=O)[C@H](C)NC(=O)c3cccc([N+](=O)[O-])c3)CC2)c(F)c1. The summed E-state index contributed by atoms with van der Waals surface area (Å²) in [6.07, 6.45) is 0. The summed E-state index contributed by atoms with van der Waals surface area (Å²) in [5.41, 5.74) is 0.548. The summed E-state index contributed by atoms with van der Waals surface area (Å²) in [6, 6.07) is 8.78. The van der Waals surface area contributed by atoms with E-state index in [0.29, 0.717) is 37.4 Å². The van der Waals surface area contributed by atoms with Gasteiger partial charge in [0.1, 0.15) is 11.9 Å². The number of carbonyl (C=O) groups is 3. The molecule has 1 aliphatic rings. The van der Waals surface area contributed by atoms with Crippen LogP contribution in [0.3, 0.4) is 0 Å². The minimum Gasteiger partial charge on any atom is -0.366 e. The molecule has 1 atom stereocenters. The summed E-state index contributed by atoms with van der Waals surface area (Å²) in [4.78, 5) is 50.2. The molecule has 2 amide bonds. The summed E-state index contributed by atoms with van der Waals surface area (Å²) < 4.78 is 14.4. The van der Waals surface area contributed by atoms with Crippen molar-refractivity contribution < 1.29 is 23.7 Å². The van der Waals surface area contributed by atoms with Crippen LogP contribution in [0.2, 0.25) is 0 Å². The lowest BCUT2D eigenvalue weighted by atomic mass is 10.1. The van der Waals surface area contributed by atoms with Gasteiger partial charge in [0.25, 0.3) is 11.6 Å². The van der Waals surface area contributed by atoms with Gasteiger partial charge in [-0.15, -0.1) is 0 Å². The van der Waals surface area contributed by atoms with E-state index in [0.717, 1.165) is 6.07 Å². The Balaban J connectivity index is 1.58. The Labute approximate surface area is 184 Å². The number of hydrogen-bond donors (Lipinski definition) is 1. The number of non-ortho nitro benzene ring substituents is 1. The number of hydrogen-bond acceptors (Lipinski definition) is 6. The molecule has 0 unspecified atom stereocenters. The first-order chi connectivity index (χ1) is 15.2. The van der Waals surface area contributed by atoms with Crippen molar-refractivity contribution in [3.05, 3.63) is 69.5 Å². The Kier molecular flexibility index (Phi) is 6.82. The summed E-state index contributed by atoms with van der Waals surface area (Å²) in [6.45, 7) is 4.39. The Bertz CT molecular complexity index is 1070. The van der Waals surface area contributed by atoms with Gasteiger partial charge in [0, 0.05) is 49.4 Å². The molecule has 1 aliphatic heterocycles. The molecule has 1 saturated heterocycles. The first-order valence-electron chi connectivity index (χ1n) is 10.1. The molecule has 0 radical (unpaired) electrons. The predicted molar refractivity (Wildman–Crippen MR) is 115 cm³/mol. The number of anilines is 1. The van der Waals surface area contributed by atoms with Crippen molar-refractivity contribution in [2.45, 2.75) is 19.9 Å². The zero-order valence-electron chi connectivity index (χ0n) is 17.7. The number of nitrogens with one attached hydrogen (secondary N) is 1. The van der Waals surface area contributed by atoms with Gasteiger partial charge in [-0.3, -0.25) is 24.5 Å². The number of amides is 2. The van der Waals surface area contributed by atoms with Crippen molar-refractivity contribution in [2.24, 2.45) is 0 Å². The number of halogens is 1. The molecular weight excluding hydrogens is 419 g/mol. The van der Waals surface area contributed by atoms with Gasteiger partial charge in [-0.1, -0.05) is 6.07 Å². The molecular formula is C22H23FN4O5. The number of nitrogens with zero attached hydrogens (tertiary/aromatic N) is 3. The highest BCUT2D eigenvalue weighted by Crippen LogP contribution is 2.22. The topological polar surface area (TPSA) is 113 Å². The van der Waals surface area contributed by atoms with Crippen LogP contribution in [-0.4, -0.2) is 59.6 Å². The summed E-state index contributed by atoms with van der Waals surface area (Å²) in [7, 11) is 0. The van der Waals surface area contributed by atoms with Crippen molar-refractivity contribution in [3.8, 4) is 0 Å². The standard InChI is InChI=1S/C22H23FN4O5/c1-14(24-21(29)17-4-3-5-18(12-17)27(31)32)22(30)26-10-8-25(9-11-26)20-7-6-16(15(2)28)13-19(20)23/h3-7,12-14H,8-11H2,1-2H3,(H,24,29)/t14-/m0/s1. The normalized spacial score (nSPS) is 14.6. The average molecular weight is 442 g/mol. The first kappa shape index (κ1) is 22.9. The Morgan fingerprint density at radius 2 is 1.75 bits per heavy atom. The van der Waals surface area contributed by atoms with Gasteiger partial charge in [0.05, 0.1) is 10.6 Å². The van der Waals surface area contributed by atoms with Gasteiger partial charge < -0.3 is 15.1 Å². The number of benzene rings is 2. The Morgan fingerprint density at radius 1 is 1.06 bits per heavy atom. The van der Waals surface area contributed by atoms with E-state index < -0.39 is 22.7 Å². The maximum atomic E-state index is 14.4. The minimum atomic E-state index is -0.833. The fraction of sp³-hybridized carbons (Fsp3) is 0.318. The molecule has 0 saturated carbocycles. The van der Waals surface area contributed by atoms with E-state index in [1.54, 1.807) is 28.9 Å². The van der Waals surface area contributed by atoms with Crippen LogP contribution in [0.25, 0.3) is 0 Å². The van der Waals surface area contributed by atoms with Gasteiger partial charge in [-0.05, 0) is 38.1 Å². The lowest BCUT2D eigenvalue weighted by molar-refractivity contribution is -0.384. The van der Waals surface area contributed by atoms with E-state index in [2.05, 4.69) is 5.32 Å². The molecule has 168 valence electrons. The fourth-order valence-corrected chi connectivity index (χ4v) is 3.53. The molecule has 0 spiro atoms. The van der Waals surface area contributed by atoms with Crippen LogP contribution >= 0.6 is 0 Å². The molecule has 2 aromatic carbocycles. The molecule has 1 fully saturated rings. The van der Waals surface area contributed by atoms with Crippen LogP contribution in [0.15, 0.2) is 42.5 Å². The molecule has 2 aromatic rings. The van der Waals surface area contributed by atoms with Crippen molar-refractivity contribution in [1.82, 2.24) is 10.2 Å². The third-order valence-corrected chi connectivity index (χ3v) is 5.32. The third-order valence-electron chi connectivity index (χ3n) is 5.32. The van der Waals surface area contributed by atoms with Crippen molar-refractivity contribution in [2.75, 3.05) is 31.1 Å². The molecule has 0 aliphatic carbocycles. The number of carbonyl (C=O) groups excluding carboxylic acids is 3. The molecule has 32 heavy (non-hydrogen) atoms. The zero-order chi connectivity index (χ0) is 23.4. The van der Waals surface area contributed by atoms with E-state index in [9.17, 15) is 28.9 Å². The smallest absolute Gasteiger partial charge is 0.270 e. The number of nitro groups is 1. The highest BCUT2D eigenvalue weighted by atomic mass is 19.1. The van der Waals surface area contributed by atoms with E-state index in [-0.39, 0.29) is 22.9 Å². The summed E-state index contributed by atoms with van der Waals surface area (Å²) in [5.74, 6) is -1.58. The molecule has 0 bridgehead atoms. The lowest BCUT2D eigenvalue weighted by Crippen LogP contribution is -2.54. The quantitative estimate of drug-likeness (QED) is 0.418. The van der Waals surface area contributed by atoms with Crippen molar-refractivity contribution >= 4 is 29.0 Å². The summed E-state index contributed by atoms with van der Waals surface area (Å²) >= 11 is 0. The molecule has 1 N–H and O–H groups in total. The van der Waals surface area contributed by atoms with Crippen LogP contribution in [0, 0.1) is 15.9 Å². The Morgan fingerprint density at radius 3 is 2.34 bits per heavy atom. The van der Waals surface area contributed by atoms with Gasteiger partial charge in [0.15, 0.2) is 5.78 Å². The minimum absolute atomic E-state index is 0.0909. The van der Waals surface area contributed by atoms with Crippen LogP contribution in [0.5, 0.6) is 0 Å². The average Bonchev–Trinajstić information content (AvgIpc) is 2.78.